The second kappa shape index (κ2) is 16.7. The highest BCUT2D eigenvalue weighted by atomic mass is 16.3. The van der Waals surface area contributed by atoms with Gasteiger partial charge in [-0.2, -0.15) is 0 Å². The highest BCUT2D eigenvalue weighted by Gasteiger charge is 2.22. The molecule has 0 amide bonds. The second-order valence-electron chi connectivity index (χ2n) is 18.1. The molecule has 71 heavy (non-hydrogen) atoms. The number of furan rings is 1. The lowest BCUT2D eigenvalue weighted by Gasteiger charge is -2.28. The molecule has 0 fully saturated rings. The minimum atomic E-state index is -0.159. The highest BCUT2D eigenvalue weighted by molar-refractivity contribution is 6.18. The maximum Gasteiger partial charge on any atom is 0.143 e. The van der Waals surface area contributed by atoms with Gasteiger partial charge in [0.2, 0.25) is 0 Å². The van der Waals surface area contributed by atoms with Crippen LogP contribution in [-0.2, 0) is 0 Å². The topological polar surface area (TPSA) is 21.3 Å². The van der Waals surface area contributed by atoms with Gasteiger partial charge in [0.25, 0.3) is 0 Å². The molecule has 0 saturated carbocycles. The van der Waals surface area contributed by atoms with Crippen molar-refractivity contribution >= 4 is 82.4 Å². The Kier molecular flexibility index (Phi) is 8.58. The molecule has 0 bridgehead atoms. The van der Waals surface area contributed by atoms with Crippen LogP contribution in [-0.4, -0.2) is 4.57 Å². The van der Waals surface area contributed by atoms with Crippen molar-refractivity contribution < 1.29 is 9.90 Å². The van der Waals surface area contributed by atoms with Gasteiger partial charge in [0, 0.05) is 55.0 Å². The first-order valence-electron chi connectivity index (χ1n) is 26.0. The van der Waals surface area contributed by atoms with Crippen molar-refractivity contribution in [3.63, 3.8) is 0 Å². The van der Waals surface area contributed by atoms with Crippen LogP contribution in [0.5, 0.6) is 0 Å². The number of nitrogens with zero attached hydrogens (tertiary/aromatic N) is 2. The van der Waals surface area contributed by atoms with Gasteiger partial charge in [0.1, 0.15) is 11.2 Å². The van der Waals surface area contributed by atoms with Crippen LogP contribution in [0.4, 0.5) is 17.1 Å². The summed E-state index contributed by atoms with van der Waals surface area (Å²) < 4.78 is 48.6. The fourth-order valence-corrected chi connectivity index (χ4v) is 10.8. The van der Waals surface area contributed by atoms with E-state index in [0.29, 0.717) is 16.9 Å². The molecule has 2 aromatic heterocycles. The normalized spacial score (nSPS) is 12.5. The van der Waals surface area contributed by atoms with Gasteiger partial charge >= 0.3 is 0 Å². The van der Waals surface area contributed by atoms with Crippen molar-refractivity contribution in [2.45, 2.75) is 0 Å². The summed E-state index contributed by atoms with van der Waals surface area (Å²) in [7, 11) is 0. The van der Waals surface area contributed by atoms with Crippen molar-refractivity contribution in [2.75, 3.05) is 4.90 Å². The Balaban J connectivity index is 0.947. The Morgan fingerprint density at radius 3 is 1.58 bits per heavy atom. The highest BCUT2D eigenvalue weighted by Crippen LogP contribution is 2.46. The lowest BCUT2D eigenvalue weighted by Crippen LogP contribution is -2.11. The predicted octanol–water partition coefficient (Wildman–Crippen LogP) is 19.1. The van der Waals surface area contributed by atoms with E-state index in [2.05, 4.69) is 156 Å². The van der Waals surface area contributed by atoms with E-state index in [0.717, 1.165) is 93.6 Å². The molecule has 0 aliphatic carbocycles. The van der Waals surface area contributed by atoms with Gasteiger partial charge < -0.3 is 13.9 Å². The van der Waals surface area contributed by atoms with Gasteiger partial charge in [-0.05, 0) is 98.5 Å². The molecule has 0 unspecified atom stereocenters. The number of para-hydroxylation sites is 5. The number of benzene rings is 12. The maximum absolute atomic E-state index is 9.94. The third-order valence-corrected chi connectivity index (χ3v) is 14.1. The molecule has 0 aliphatic rings. The Morgan fingerprint density at radius 1 is 0.310 bits per heavy atom. The fraction of sp³-hybridized carbons (Fsp3) is 0. The van der Waals surface area contributed by atoms with E-state index in [1.165, 1.54) is 10.8 Å². The molecule has 0 aliphatic heterocycles. The Labute approximate surface area is 417 Å². The summed E-state index contributed by atoms with van der Waals surface area (Å²) in [5.41, 5.74) is 12.8. The van der Waals surface area contributed by atoms with E-state index < -0.39 is 0 Å². The third-order valence-electron chi connectivity index (χ3n) is 14.1. The monoisotopic (exact) mass is 908 g/mol. The average Bonchev–Trinajstić information content (AvgIpc) is 4.03. The zero-order valence-electron chi connectivity index (χ0n) is 42.4. The second-order valence-corrected chi connectivity index (χ2v) is 18.1. The molecule has 0 atom stereocenters. The number of fused-ring (bicyclic) bond motifs is 9. The van der Waals surface area contributed by atoms with Crippen molar-refractivity contribution in [3.05, 3.63) is 267 Å². The minimum absolute atomic E-state index is 0.130. The SMILES string of the molecule is [2H]c1c([2H])c(N(c2ccc(-c3ccccc3-n3c4ccccc4c4ccccc43)cc2)c2ccccc2-c2cccc3c2oc2c4ccccc4ccc32)c([2H])c([2H])c1-c1ccc(-c2cccc3ccccc23)cc1. The zero-order chi connectivity index (χ0) is 50.3. The van der Waals surface area contributed by atoms with Crippen LogP contribution < -0.4 is 4.90 Å². The summed E-state index contributed by atoms with van der Waals surface area (Å²) >= 11 is 0. The Hall–Kier alpha value is -9.44. The smallest absolute Gasteiger partial charge is 0.143 e. The van der Waals surface area contributed by atoms with E-state index in [1.807, 2.05) is 95.9 Å². The van der Waals surface area contributed by atoms with E-state index in [9.17, 15) is 5.48 Å². The number of aromatic nitrogens is 1. The summed E-state index contributed by atoms with van der Waals surface area (Å²) in [6.07, 6.45) is 0. The van der Waals surface area contributed by atoms with Crippen molar-refractivity contribution in [1.82, 2.24) is 4.57 Å². The molecule has 332 valence electrons. The minimum Gasteiger partial charge on any atom is -0.455 e. The number of hydrogen-bond acceptors (Lipinski definition) is 2. The summed E-state index contributed by atoms with van der Waals surface area (Å²) in [5.74, 6) is 0. The molecule has 0 N–H and O–H groups in total. The molecular weight excluding hydrogens is 861 g/mol. The first-order chi connectivity index (χ1) is 36.9. The summed E-state index contributed by atoms with van der Waals surface area (Å²) in [5, 5.41) is 8.74. The quantitative estimate of drug-likeness (QED) is 0.151. The summed E-state index contributed by atoms with van der Waals surface area (Å²) in [6.45, 7) is 0. The molecule has 0 radical (unpaired) electrons. The van der Waals surface area contributed by atoms with E-state index in [-0.39, 0.29) is 35.4 Å². The van der Waals surface area contributed by atoms with Gasteiger partial charge in [-0.25, -0.2) is 0 Å². The molecule has 3 heteroatoms. The average molecular weight is 909 g/mol. The zero-order valence-corrected chi connectivity index (χ0v) is 38.4. The molecule has 14 rings (SSSR count). The standard InChI is InChI=1S/C68H44N2O/c1-3-18-53-47(15-1)17-13-24-54(53)49-33-31-45(32-34-49)46-35-40-51(41-36-46)69(64-28-10-8-23-59(64)60-25-14-26-61-62-44-39-48-16-2-4-20-56(48)67(62)71-68(60)61)52-42-37-50(38-43-52)55-19-5-9-27-63(55)70-65-29-11-6-21-57(65)58-22-7-12-30-66(58)70/h1-44H/i35D,36D,40D,41D. The first kappa shape index (κ1) is 36.6. The molecule has 2 heterocycles. The van der Waals surface area contributed by atoms with E-state index >= 15 is 0 Å². The lowest BCUT2D eigenvalue weighted by atomic mass is 9.96. The lowest BCUT2D eigenvalue weighted by molar-refractivity contribution is 0.674. The number of rotatable bonds is 8. The van der Waals surface area contributed by atoms with Gasteiger partial charge in [0.15, 0.2) is 0 Å². The molecule has 0 saturated heterocycles. The summed E-state index contributed by atoms with van der Waals surface area (Å²) in [4.78, 5) is 1.89. The fourth-order valence-electron chi connectivity index (χ4n) is 10.8. The number of anilines is 3. The Bertz CT molecular complexity index is 4510. The van der Waals surface area contributed by atoms with Crippen molar-refractivity contribution in [1.29, 1.82) is 0 Å². The van der Waals surface area contributed by atoms with Crippen LogP contribution in [0.2, 0.25) is 0 Å². The van der Waals surface area contributed by atoms with Crippen molar-refractivity contribution in [2.24, 2.45) is 0 Å². The first-order valence-corrected chi connectivity index (χ1v) is 24.0. The van der Waals surface area contributed by atoms with Gasteiger partial charge in [-0.3, -0.25) is 0 Å². The van der Waals surface area contributed by atoms with Crippen LogP contribution in [0.15, 0.2) is 271 Å². The van der Waals surface area contributed by atoms with Crippen molar-refractivity contribution in [3.8, 4) is 50.2 Å². The van der Waals surface area contributed by atoms with Crippen LogP contribution in [0.1, 0.15) is 5.48 Å². The van der Waals surface area contributed by atoms with Crippen LogP contribution in [0.25, 0.3) is 115 Å². The predicted molar refractivity (Wildman–Crippen MR) is 299 cm³/mol. The van der Waals surface area contributed by atoms with Crippen LogP contribution in [0, 0.1) is 0 Å². The van der Waals surface area contributed by atoms with E-state index in [1.54, 1.807) is 0 Å². The molecule has 14 aromatic rings. The molecular formula is C68H44N2O. The molecule has 0 spiro atoms. The number of hydrogen-bond donors (Lipinski definition) is 0. The molecule has 3 nitrogen and oxygen atoms in total. The van der Waals surface area contributed by atoms with Gasteiger partial charge in [-0.15, -0.1) is 0 Å². The van der Waals surface area contributed by atoms with Gasteiger partial charge in [-0.1, -0.05) is 212 Å². The molecule has 12 aromatic carbocycles. The van der Waals surface area contributed by atoms with Gasteiger partial charge in [0.05, 0.1) is 27.9 Å². The third kappa shape index (κ3) is 6.74. The van der Waals surface area contributed by atoms with Crippen LogP contribution in [0.3, 0.4) is 0 Å². The summed E-state index contributed by atoms with van der Waals surface area (Å²) in [6, 6.07) is 82.1. The largest absolute Gasteiger partial charge is 0.455 e. The van der Waals surface area contributed by atoms with E-state index in [4.69, 9.17) is 4.42 Å². The maximum atomic E-state index is 9.94. The Morgan fingerprint density at radius 2 is 0.817 bits per heavy atom. The van der Waals surface area contributed by atoms with Crippen LogP contribution >= 0.6 is 0 Å².